The lowest BCUT2D eigenvalue weighted by atomic mass is 10.1. The van der Waals surface area contributed by atoms with Crippen LogP contribution in [0.2, 0.25) is 0 Å². The molecule has 180 valence electrons. The zero-order chi connectivity index (χ0) is 24.8. The number of hydrogen-bond donors (Lipinski definition) is 1. The van der Waals surface area contributed by atoms with Gasteiger partial charge < -0.3 is 5.32 Å². The van der Waals surface area contributed by atoms with Crippen molar-refractivity contribution in [3.05, 3.63) is 108 Å². The molecule has 0 bridgehead atoms. The second-order valence-corrected chi connectivity index (χ2v) is 10.2. The summed E-state index contributed by atoms with van der Waals surface area (Å²) < 4.78 is 28.9. The van der Waals surface area contributed by atoms with Crippen LogP contribution in [-0.4, -0.2) is 37.7 Å². The molecule has 4 rings (SSSR count). The summed E-state index contributed by atoms with van der Waals surface area (Å²) in [4.78, 5) is 12.7. The van der Waals surface area contributed by atoms with Gasteiger partial charge >= 0.3 is 0 Å². The summed E-state index contributed by atoms with van der Waals surface area (Å²) in [6.45, 7) is 2.49. The number of nitrogens with zero attached hydrogens (tertiary/aromatic N) is 3. The lowest BCUT2D eigenvalue weighted by molar-refractivity contribution is 0.0953. The highest BCUT2D eigenvalue weighted by atomic mass is 32.2. The Kier molecular flexibility index (Phi) is 7.31. The Hall–Kier alpha value is -3.91. The van der Waals surface area contributed by atoms with Gasteiger partial charge in [0, 0.05) is 25.4 Å². The fourth-order valence-corrected chi connectivity index (χ4v) is 4.95. The molecule has 7 nitrogen and oxygen atoms in total. The molecule has 1 aromatic heterocycles. The van der Waals surface area contributed by atoms with Crippen molar-refractivity contribution in [3.8, 4) is 5.69 Å². The maximum Gasteiger partial charge on any atom is 0.264 e. The third-order valence-electron chi connectivity index (χ3n) is 5.82. The number of sulfonamides is 1. The largest absolute Gasteiger partial charge is 0.352 e. The van der Waals surface area contributed by atoms with Crippen molar-refractivity contribution < 1.29 is 13.2 Å². The highest BCUT2D eigenvalue weighted by Gasteiger charge is 2.21. The Balaban J connectivity index is 1.31. The number of aromatic nitrogens is 2. The Labute approximate surface area is 206 Å². The minimum atomic E-state index is -3.71. The van der Waals surface area contributed by atoms with Crippen LogP contribution in [0, 0.1) is 6.92 Å². The van der Waals surface area contributed by atoms with Crippen LogP contribution in [0.1, 0.15) is 28.0 Å². The third-order valence-corrected chi connectivity index (χ3v) is 7.62. The van der Waals surface area contributed by atoms with E-state index in [9.17, 15) is 13.2 Å². The van der Waals surface area contributed by atoms with Crippen LogP contribution in [0.25, 0.3) is 5.69 Å². The molecule has 1 amide bonds. The monoisotopic (exact) mass is 488 g/mol. The van der Waals surface area contributed by atoms with Crippen LogP contribution >= 0.6 is 0 Å². The van der Waals surface area contributed by atoms with Crippen molar-refractivity contribution in [1.82, 2.24) is 15.1 Å². The number of rotatable bonds is 9. The number of carbonyl (C=O) groups is 1. The van der Waals surface area contributed by atoms with Gasteiger partial charge in [-0.25, -0.2) is 13.1 Å². The van der Waals surface area contributed by atoms with Crippen LogP contribution in [0.4, 0.5) is 5.69 Å². The van der Waals surface area contributed by atoms with Gasteiger partial charge in [0.05, 0.1) is 22.0 Å². The molecule has 0 spiro atoms. The van der Waals surface area contributed by atoms with Gasteiger partial charge in [-0.15, -0.1) is 0 Å². The van der Waals surface area contributed by atoms with Crippen molar-refractivity contribution >= 4 is 21.6 Å². The molecule has 1 heterocycles. The van der Waals surface area contributed by atoms with Crippen LogP contribution in [-0.2, 0) is 16.4 Å². The summed E-state index contributed by atoms with van der Waals surface area (Å²) in [7, 11) is -2.20. The SMILES string of the molecule is Cc1nn(-c2ccccc2)cc1CCCNC(=O)c1ccc(S(=O)(=O)N(C)c2ccccc2)cc1. The highest BCUT2D eigenvalue weighted by Crippen LogP contribution is 2.22. The minimum Gasteiger partial charge on any atom is -0.352 e. The number of amides is 1. The van der Waals surface area contributed by atoms with Crippen molar-refractivity contribution in [2.75, 3.05) is 17.9 Å². The summed E-state index contributed by atoms with van der Waals surface area (Å²) in [5.41, 5.74) is 4.10. The molecule has 0 aliphatic carbocycles. The fourth-order valence-electron chi connectivity index (χ4n) is 3.75. The molecule has 3 aromatic carbocycles. The molecule has 0 unspecified atom stereocenters. The first kappa shape index (κ1) is 24.2. The van der Waals surface area contributed by atoms with Crippen LogP contribution in [0.3, 0.4) is 0 Å². The molecular weight excluding hydrogens is 460 g/mol. The average molecular weight is 489 g/mol. The van der Waals surface area contributed by atoms with Gasteiger partial charge in [-0.3, -0.25) is 9.10 Å². The lowest BCUT2D eigenvalue weighted by Gasteiger charge is -2.19. The topological polar surface area (TPSA) is 84.3 Å². The van der Waals surface area contributed by atoms with Gasteiger partial charge in [0.1, 0.15) is 0 Å². The van der Waals surface area contributed by atoms with Crippen LogP contribution < -0.4 is 9.62 Å². The molecule has 35 heavy (non-hydrogen) atoms. The van der Waals surface area contributed by atoms with Gasteiger partial charge in [-0.2, -0.15) is 5.10 Å². The summed E-state index contributed by atoms with van der Waals surface area (Å²) in [6, 6.07) is 24.8. The molecule has 8 heteroatoms. The molecule has 4 aromatic rings. The Morgan fingerprint density at radius 2 is 1.57 bits per heavy atom. The average Bonchev–Trinajstić information content (AvgIpc) is 3.27. The quantitative estimate of drug-likeness (QED) is 0.355. The molecule has 0 radical (unpaired) electrons. The van der Waals surface area contributed by atoms with Crippen molar-refractivity contribution in [2.24, 2.45) is 0 Å². The molecule has 0 aliphatic rings. The second-order valence-electron chi connectivity index (χ2n) is 8.21. The van der Waals surface area contributed by atoms with E-state index in [2.05, 4.69) is 10.4 Å². The Bertz CT molecular complexity index is 1380. The van der Waals surface area contributed by atoms with Gasteiger partial charge in [0.2, 0.25) is 0 Å². The molecule has 0 saturated heterocycles. The van der Waals surface area contributed by atoms with Crippen LogP contribution in [0.5, 0.6) is 0 Å². The third kappa shape index (κ3) is 5.60. The van der Waals surface area contributed by atoms with E-state index in [0.29, 0.717) is 17.8 Å². The number of nitrogens with one attached hydrogen (secondary N) is 1. The van der Waals surface area contributed by atoms with E-state index in [4.69, 9.17) is 0 Å². The standard InChI is InChI=1S/C27H28N4O3S/c1-21-23(20-31(29-21)25-13-7-4-8-14-25)10-9-19-28-27(32)22-15-17-26(18-16-22)35(33,34)30(2)24-11-5-3-6-12-24/h3-8,11-18,20H,9-10,19H2,1-2H3,(H,28,32). The second kappa shape index (κ2) is 10.6. The summed E-state index contributed by atoms with van der Waals surface area (Å²) in [6.07, 6.45) is 3.58. The first-order chi connectivity index (χ1) is 16.9. The Morgan fingerprint density at radius 1 is 0.943 bits per heavy atom. The predicted octanol–water partition coefficient (Wildman–Crippen LogP) is 4.37. The number of aryl methyl sites for hydroxylation is 2. The summed E-state index contributed by atoms with van der Waals surface area (Å²) >= 11 is 0. The fraction of sp³-hybridized carbons (Fsp3) is 0.185. The maximum atomic E-state index is 12.9. The van der Waals surface area contributed by atoms with Gasteiger partial charge in [-0.1, -0.05) is 36.4 Å². The van der Waals surface area contributed by atoms with Crippen molar-refractivity contribution in [3.63, 3.8) is 0 Å². The minimum absolute atomic E-state index is 0.131. The molecule has 0 atom stereocenters. The van der Waals surface area contributed by atoms with E-state index in [1.54, 1.807) is 24.3 Å². The van der Waals surface area contributed by atoms with Gasteiger partial charge in [0.25, 0.3) is 15.9 Å². The molecule has 0 saturated carbocycles. The highest BCUT2D eigenvalue weighted by molar-refractivity contribution is 7.92. The smallest absolute Gasteiger partial charge is 0.264 e. The van der Waals surface area contributed by atoms with Crippen LogP contribution in [0.15, 0.2) is 96.0 Å². The predicted molar refractivity (Wildman–Crippen MR) is 137 cm³/mol. The maximum absolute atomic E-state index is 12.9. The first-order valence-electron chi connectivity index (χ1n) is 11.4. The lowest BCUT2D eigenvalue weighted by Crippen LogP contribution is -2.27. The molecule has 0 aliphatic heterocycles. The molecule has 0 fully saturated rings. The number of anilines is 1. The zero-order valence-electron chi connectivity index (χ0n) is 19.8. The normalized spacial score (nSPS) is 11.3. The molecule has 1 N–H and O–H groups in total. The molecular formula is C27H28N4O3S. The number of carbonyl (C=O) groups excluding carboxylic acids is 1. The Morgan fingerprint density at radius 3 is 2.23 bits per heavy atom. The van der Waals surface area contributed by atoms with Gasteiger partial charge in [0.15, 0.2) is 0 Å². The van der Waals surface area contributed by atoms with E-state index >= 15 is 0 Å². The first-order valence-corrected chi connectivity index (χ1v) is 12.8. The zero-order valence-corrected chi connectivity index (χ0v) is 20.6. The van der Waals surface area contributed by atoms with E-state index in [1.165, 1.54) is 35.6 Å². The summed E-state index contributed by atoms with van der Waals surface area (Å²) in [5.74, 6) is -0.234. The van der Waals surface area contributed by atoms with E-state index in [1.807, 2.05) is 54.2 Å². The van der Waals surface area contributed by atoms with E-state index < -0.39 is 10.0 Å². The van der Waals surface area contributed by atoms with E-state index in [0.717, 1.165) is 29.8 Å². The number of hydrogen-bond acceptors (Lipinski definition) is 4. The van der Waals surface area contributed by atoms with Gasteiger partial charge in [-0.05, 0) is 73.9 Å². The van der Waals surface area contributed by atoms with E-state index in [-0.39, 0.29) is 10.8 Å². The van der Waals surface area contributed by atoms with Crippen molar-refractivity contribution in [2.45, 2.75) is 24.7 Å². The number of para-hydroxylation sites is 2. The summed E-state index contributed by atoms with van der Waals surface area (Å²) in [5, 5.41) is 7.49. The van der Waals surface area contributed by atoms with Crippen molar-refractivity contribution in [1.29, 1.82) is 0 Å². The number of benzene rings is 3.